The van der Waals surface area contributed by atoms with Crippen LogP contribution in [0.2, 0.25) is 0 Å². The molecule has 0 amide bonds. The fourth-order valence-electron chi connectivity index (χ4n) is 3.42. The number of rotatable bonds is 5. The first-order valence-corrected chi connectivity index (χ1v) is 7.72. The van der Waals surface area contributed by atoms with Crippen LogP contribution in [0.3, 0.4) is 0 Å². The van der Waals surface area contributed by atoms with Crippen LogP contribution in [0, 0.1) is 11.6 Å². The van der Waals surface area contributed by atoms with E-state index in [1.54, 1.807) is 12.1 Å². The van der Waals surface area contributed by atoms with Gasteiger partial charge in [0.1, 0.15) is 0 Å². The molecule has 3 unspecified atom stereocenters. The van der Waals surface area contributed by atoms with Gasteiger partial charge < -0.3 is 10.1 Å². The highest BCUT2D eigenvalue weighted by molar-refractivity contribution is 5.23. The van der Waals surface area contributed by atoms with Gasteiger partial charge in [0.15, 0.2) is 11.6 Å². The molecule has 3 nitrogen and oxygen atoms in total. The second-order valence-corrected chi connectivity index (χ2v) is 5.93. The average molecular weight is 296 g/mol. The predicted octanol–water partition coefficient (Wildman–Crippen LogP) is 2.48. The van der Waals surface area contributed by atoms with E-state index in [0.29, 0.717) is 24.3 Å². The lowest BCUT2D eigenvalue weighted by Crippen LogP contribution is -2.46. The highest BCUT2D eigenvalue weighted by Crippen LogP contribution is 2.28. The summed E-state index contributed by atoms with van der Waals surface area (Å²) >= 11 is 0. The van der Waals surface area contributed by atoms with E-state index in [9.17, 15) is 8.78 Å². The molecular formula is C16H22F2N2O. The van der Waals surface area contributed by atoms with Crippen molar-refractivity contribution in [2.24, 2.45) is 0 Å². The summed E-state index contributed by atoms with van der Waals surface area (Å²) in [6, 6.07) is 4.21. The van der Waals surface area contributed by atoms with Gasteiger partial charge in [-0.15, -0.1) is 0 Å². The molecule has 1 aromatic rings. The van der Waals surface area contributed by atoms with Gasteiger partial charge in [0.2, 0.25) is 0 Å². The Kier molecular flexibility index (Phi) is 4.52. The maximum Gasteiger partial charge on any atom is 0.163 e. The Bertz CT molecular complexity index is 485. The molecule has 5 heteroatoms. The smallest absolute Gasteiger partial charge is 0.163 e. The third kappa shape index (κ3) is 3.25. The molecule has 2 aliphatic rings. The summed E-state index contributed by atoms with van der Waals surface area (Å²) in [4.78, 5) is 2.31. The zero-order valence-electron chi connectivity index (χ0n) is 12.3. The van der Waals surface area contributed by atoms with E-state index in [1.807, 2.05) is 6.92 Å². The molecule has 116 valence electrons. The number of hydrogen-bond donors (Lipinski definition) is 1. The molecule has 2 bridgehead atoms. The lowest BCUT2D eigenvalue weighted by Gasteiger charge is -2.35. The lowest BCUT2D eigenvalue weighted by molar-refractivity contribution is -0.0408. The summed E-state index contributed by atoms with van der Waals surface area (Å²) in [5.74, 6) is -1.52. The maximum atomic E-state index is 14.0. The molecule has 2 heterocycles. The Morgan fingerprint density at radius 3 is 2.67 bits per heavy atom. The molecule has 3 rings (SSSR count). The molecule has 2 fully saturated rings. The number of ether oxygens (including phenoxy) is 1. The van der Waals surface area contributed by atoms with E-state index in [4.69, 9.17) is 4.74 Å². The van der Waals surface area contributed by atoms with Crippen molar-refractivity contribution in [3.8, 4) is 0 Å². The number of benzene rings is 1. The summed E-state index contributed by atoms with van der Waals surface area (Å²) < 4.78 is 33.3. The number of hydrogen-bond acceptors (Lipinski definition) is 3. The van der Waals surface area contributed by atoms with Crippen LogP contribution in [-0.2, 0) is 4.74 Å². The summed E-state index contributed by atoms with van der Waals surface area (Å²) in [5.41, 5.74) is 0.413. The second kappa shape index (κ2) is 6.38. The van der Waals surface area contributed by atoms with Gasteiger partial charge >= 0.3 is 0 Å². The van der Waals surface area contributed by atoms with Crippen LogP contribution in [0.5, 0.6) is 0 Å². The Balaban J connectivity index is 1.74. The highest BCUT2D eigenvalue weighted by Gasteiger charge is 2.34. The topological polar surface area (TPSA) is 24.5 Å². The van der Waals surface area contributed by atoms with Crippen molar-refractivity contribution < 1.29 is 13.5 Å². The molecule has 21 heavy (non-hydrogen) atoms. The largest absolute Gasteiger partial charge is 0.372 e. The van der Waals surface area contributed by atoms with Crippen LogP contribution in [0.25, 0.3) is 0 Å². The Morgan fingerprint density at radius 2 is 2.00 bits per heavy atom. The Morgan fingerprint density at radius 1 is 1.29 bits per heavy atom. The molecular weight excluding hydrogens is 274 g/mol. The molecule has 0 radical (unpaired) electrons. The monoisotopic (exact) mass is 296 g/mol. The molecule has 0 aliphatic carbocycles. The van der Waals surface area contributed by atoms with E-state index < -0.39 is 11.6 Å². The zero-order chi connectivity index (χ0) is 14.8. The average Bonchev–Trinajstić information content (AvgIpc) is 2.81. The molecule has 0 spiro atoms. The van der Waals surface area contributed by atoms with Gasteiger partial charge in [0.25, 0.3) is 0 Å². The maximum absolute atomic E-state index is 14.0. The van der Waals surface area contributed by atoms with Gasteiger partial charge in [-0.1, -0.05) is 19.1 Å². The third-order valence-electron chi connectivity index (χ3n) is 4.37. The minimum atomic E-state index is -0.780. The minimum Gasteiger partial charge on any atom is -0.372 e. The number of morpholine rings is 1. The van der Waals surface area contributed by atoms with Gasteiger partial charge in [0, 0.05) is 31.2 Å². The third-order valence-corrected chi connectivity index (χ3v) is 4.37. The second-order valence-electron chi connectivity index (χ2n) is 5.93. The van der Waals surface area contributed by atoms with Crippen molar-refractivity contribution in [2.75, 3.05) is 26.2 Å². The highest BCUT2D eigenvalue weighted by atomic mass is 19.2. The summed E-state index contributed by atoms with van der Waals surface area (Å²) in [6.45, 7) is 5.15. The van der Waals surface area contributed by atoms with E-state index in [-0.39, 0.29) is 6.04 Å². The first-order valence-electron chi connectivity index (χ1n) is 7.72. The molecule has 1 aromatic carbocycles. The normalized spacial score (nSPS) is 27.0. The number of nitrogens with zero attached hydrogens (tertiary/aromatic N) is 1. The van der Waals surface area contributed by atoms with Crippen molar-refractivity contribution in [1.82, 2.24) is 10.2 Å². The number of nitrogens with one attached hydrogen (secondary N) is 1. The van der Waals surface area contributed by atoms with Crippen LogP contribution < -0.4 is 5.32 Å². The van der Waals surface area contributed by atoms with Crippen LogP contribution in [0.4, 0.5) is 8.78 Å². The van der Waals surface area contributed by atoms with Gasteiger partial charge in [-0.3, -0.25) is 4.90 Å². The van der Waals surface area contributed by atoms with Gasteiger partial charge in [-0.2, -0.15) is 0 Å². The van der Waals surface area contributed by atoms with E-state index >= 15 is 0 Å². The molecule has 0 aromatic heterocycles. The lowest BCUT2D eigenvalue weighted by atomic mass is 10.0. The van der Waals surface area contributed by atoms with E-state index in [0.717, 1.165) is 38.5 Å². The number of fused-ring (bicyclic) bond motifs is 2. The standard InChI is InChI=1S/C16H22F2N2O/c1-2-19-15(13-4-3-5-14(17)16(13)18)10-20-8-11-6-7-12(9-20)21-11/h3-5,11-12,15,19H,2,6-10H2,1H3. The Labute approximate surface area is 124 Å². The SMILES string of the molecule is CCNC(CN1CC2CCC(C1)O2)c1cccc(F)c1F. The number of likely N-dealkylation sites (N-methyl/N-ethyl adjacent to an activating group) is 1. The number of likely N-dealkylation sites (tertiary alicyclic amines) is 1. The van der Waals surface area contributed by atoms with Crippen molar-refractivity contribution in [3.05, 3.63) is 35.4 Å². The number of halogens is 2. The minimum absolute atomic E-state index is 0.191. The first kappa shape index (κ1) is 14.9. The van der Waals surface area contributed by atoms with Crippen molar-refractivity contribution in [3.63, 3.8) is 0 Å². The van der Waals surface area contributed by atoms with Gasteiger partial charge in [-0.25, -0.2) is 8.78 Å². The molecule has 2 saturated heterocycles. The quantitative estimate of drug-likeness (QED) is 0.903. The van der Waals surface area contributed by atoms with Gasteiger partial charge in [0.05, 0.1) is 12.2 Å². The predicted molar refractivity (Wildman–Crippen MR) is 77.1 cm³/mol. The van der Waals surface area contributed by atoms with E-state index in [2.05, 4.69) is 10.2 Å². The molecule has 2 aliphatic heterocycles. The zero-order valence-corrected chi connectivity index (χ0v) is 12.3. The van der Waals surface area contributed by atoms with E-state index in [1.165, 1.54) is 0 Å². The van der Waals surface area contributed by atoms with Crippen LogP contribution >= 0.6 is 0 Å². The van der Waals surface area contributed by atoms with Crippen molar-refractivity contribution in [1.29, 1.82) is 0 Å². The van der Waals surface area contributed by atoms with Crippen LogP contribution in [-0.4, -0.2) is 43.3 Å². The van der Waals surface area contributed by atoms with Gasteiger partial charge in [-0.05, 0) is 25.5 Å². The summed E-state index contributed by atoms with van der Waals surface area (Å²) in [5, 5.41) is 3.28. The fraction of sp³-hybridized carbons (Fsp3) is 0.625. The fourth-order valence-corrected chi connectivity index (χ4v) is 3.42. The van der Waals surface area contributed by atoms with Crippen LogP contribution in [0.15, 0.2) is 18.2 Å². The molecule has 1 N–H and O–H groups in total. The van der Waals surface area contributed by atoms with Crippen LogP contribution in [0.1, 0.15) is 31.4 Å². The molecule has 0 saturated carbocycles. The summed E-state index contributed by atoms with van der Waals surface area (Å²) in [7, 11) is 0. The molecule has 3 atom stereocenters. The van der Waals surface area contributed by atoms with Crippen molar-refractivity contribution >= 4 is 0 Å². The Hall–Kier alpha value is -1.04. The summed E-state index contributed by atoms with van der Waals surface area (Å²) in [6.07, 6.45) is 2.84. The first-order chi connectivity index (χ1) is 10.2. The van der Waals surface area contributed by atoms with Crippen molar-refractivity contribution in [2.45, 2.75) is 38.0 Å².